The fourth-order valence-electron chi connectivity index (χ4n) is 1.93. The van der Waals surface area contributed by atoms with Crippen molar-refractivity contribution in [2.45, 2.75) is 13.0 Å². The Morgan fingerprint density at radius 3 is 2.64 bits per heavy atom. The van der Waals surface area contributed by atoms with E-state index in [1.54, 1.807) is 13.2 Å². The molecule has 22 heavy (non-hydrogen) atoms. The summed E-state index contributed by atoms with van der Waals surface area (Å²) < 4.78 is 5.65. The summed E-state index contributed by atoms with van der Waals surface area (Å²) in [4.78, 5) is 17.6. The second-order valence-corrected chi connectivity index (χ2v) is 4.97. The predicted octanol–water partition coefficient (Wildman–Crippen LogP) is 1.65. The van der Waals surface area contributed by atoms with Crippen LogP contribution in [0.4, 0.5) is 0 Å². The minimum absolute atomic E-state index is 0.0174. The number of pyridine rings is 1. The first kappa shape index (κ1) is 16.0. The normalized spacial score (nSPS) is 10.3. The largest absolute Gasteiger partial charge is 0.487 e. The molecule has 0 aliphatic carbocycles. The van der Waals surface area contributed by atoms with Crippen LogP contribution in [-0.2, 0) is 17.8 Å². The third kappa shape index (κ3) is 4.86. The molecule has 0 saturated carbocycles. The van der Waals surface area contributed by atoms with Gasteiger partial charge in [0.25, 0.3) is 0 Å². The van der Waals surface area contributed by atoms with Gasteiger partial charge in [0.15, 0.2) is 0 Å². The number of nitrogens with zero attached hydrogens (tertiary/aromatic N) is 2. The van der Waals surface area contributed by atoms with E-state index < -0.39 is 0 Å². The zero-order valence-corrected chi connectivity index (χ0v) is 12.6. The molecule has 1 amide bonds. The molecule has 0 saturated heterocycles. The maximum Gasteiger partial charge on any atom is 0.226 e. The summed E-state index contributed by atoms with van der Waals surface area (Å²) in [6, 6.07) is 13.1. The summed E-state index contributed by atoms with van der Waals surface area (Å²) in [5, 5.41) is 8.83. The summed E-state index contributed by atoms with van der Waals surface area (Å²) in [5.74, 6) is 0.724. The zero-order chi connectivity index (χ0) is 15.8. The van der Waals surface area contributed by atoms with Crippen molar-refractivity contribution in [3.63, 3.8) is 0 Å². The van der Waals surface area contributed by atoms with Gasteiger partial charge in [0.1, 0.15) is 12.4 Å². The Morgan fingerprint density at radius 2 is 2.00 bits per heavy atom. The Morgan fingerprint density at radius 1 is 1.23 bits per heavy atom. The summed E-state index contributed by atoms with van der Waals surface area (Å²) in [5.41, 5.74) is 1.78. The van der Waals surface area contributed by atoms with E-state index >= 15 is 0 Å². The van der Waals surface area contributed by atoms with Gasteiger partial charge in [-0.1, -0.05) is 18.2 Å². The van der Waals surface area contributed by atoms with Crippen LogP contribution in [0.15, 0.2) is 48.7 Å². The molecular formula is C17H20N2O3. The minimum Gasteiger partial charge on any atom is -0.487 e. The van der Waals surface area contributed by atoms with Crippen LogP contribution in [0.1, 0.15) is 11.3 Å². The minimum atomic E-state index is -0.0253. The van der Waals surface area contributed by atoms with Crippen LogP contribution in [0.5, 0.6) is 5.75 Å². The topological polar surface area (TPSA) is 62.7 Å². The lowest BCUT2D eigenvalue weighted by molar-refractivity contribution is -0.129. The van der Waals surface area contributed by atoms with Gasteiger partial charge in [-0.3, -0.25) is 9.78 Å². The molecule has 2 aromatic rings. The second-order valence-electron chi connectivity index (χ2n) is 4.97. The molecule has 1 aromatic heterocycles. The monoisotopic (exact) mass is 300 g/mol. The maximum absolute atomic E-state index is 11.9. The van der Waals surface area contributed by atoms with E-state index in [4.69, 9.17) is 9.84 Å². The van der Waals surface area contributed by atoms with Gasteiger partial charge >= 0.3 is 0 Å². The number of hydrogen-bond acceptors (Lipinski definition) is 4. The quantitative estimate of drug-likeness (QED) is 0.844. The van der Waals surface area contributed by atoms with Gasteiger partial charge in [-0.05, 0) is 29.8 Å². The van der Waals surface area contributed by atoms with Crippen LogP contribution in [0.2, 0.25) is 0 Å². The number of benzene rings is 1. The molecule has 0 unspecified atom stereocenters. The number of hydrogen-bond donors (Lipinski definition) is 1. The number of aliphatic hydroxyl groups is 1. The number of amides is 1. The van der Waals surface area contributed by atoms with Gasteiger partial charge in [0.05, 0.1) is 18.7 Å². The first-order chi connectivity index (χ1) is 10.7. The molecule has 0 spiro atoms. The van der Waals surface area contributed by atoms with Gasteiger partial charge in [0, 0.05) is 19.8 Å². The van der Waals surface area contributed by atoms with Gasteiger partial charge in [-0.2, -0.15) is 0 Å². The molecule has 0 fully saturated rings. The Kier molecular flexibility index (Phi) is 5.91. The highest BCUT2D eigenvalue weighted by atomic mass is 16.5. The number of aliphatic hydroxyl groups excluding tert-OH is 1. The zero-order valence-electron chi connectivity index (χ0n) is 12.6. The molecule has 1 heterocycles. The van der Waals surface area contributed by atoms with Gasteiger partial charge in [-0.15, -0.1) is 0 Å². The van der Waals surface area contributed by atoms with E-state index in [9.17, 15) is 4.79 Å². The lowest BCUT2D eigenvalue weighted by Gasteiger charge is -2.15. The summed E-state index contributed by atoms with van der Waals surface area (Å²) in [7, 11) is 1.68. The summed E-state index contributed by atoms with van der Waals surface area (Å²) >= 11 is 0. The third-order valence-electron chi connectivity index (χ3n) is 3.25. The Hall–Kier alpha value is -2.40. The van der Waals surface area contributed by atoms with Crippen LogP contribution in [0, 0.1) is 0 Å². The molecule has 5 nitrogen and oxygen atoms in total. The molecule has 1 N–H and O–H groups in total. The van der Waals surface area contributed by atoms with Crippen LogP contribution >= 0.6 is 0 Å². The average Bonchev–Trinajstić information content (AvgIpc) is 2.55. The fraction of sp³-hybridized carbons (Fsp3) is 0.294. The van der Waals surface area contributed by atoms with E-state index in [-0.39, 0.29) is 12.5 Å². The lowest BCUT2D eigenvalue weighted by atomic mass is 10.1. The van der Waals surface area contributed by atoms with Gasteiger partial charge in [0.2, 0.25) is 5.91 Å². The van der Waals surface area contributed by atoms with Crippen LogP contribution in [-0.4, -0.2) is 41.1 Å². The lowest BCUT2D eigenvalue weighted by Crippen LogP contribution is -2.30. The van der Waals surface area contributed by atoms with Crippen molar-refractivity contribution in [1.82, 2.24) is 9.88 Å². The predicted molar refractivity (Wildman–Crippen MR) is 83.4 cm³/mol. The first-order valence-corrected chi connectivity index (χ1v) is 7.15. The number of ether oxygens (including phenoxy) is 1. The standard InChI is InChI=1S/C17H20N2O3/c1-19(10-11-20)17(21)12-14-5-7-16(8-6-14)22-13-15-4-2-3-9-18-15/h2-9,20H,10-13H2,1H3. The van der Waals surface area contributed by atoms with Crippen molar-refractivity contribution < 1.29 is 14.6 Å². The maximum atomic E-state index is 11.9. The Labute approximate surface area is 130 Å². The number of likely N-dealkylation sites (N-methyl/N-ethyl adjacent to an activating group) is 1. The van der Waals surface area contributed by atoms with E-state index in [1.807, 2.05) is 42.5 Å². The fourth-order valence-corrected chi connectivity index (χ4v) is 1.93. The van der Waals surface area contributed by atoms with E-state index in [0.717, 1.165) is 17.0 Å². The molecule has 0 radical (unpaired) electrons. The van der Waals surface area contributed by atoms with Crippen molar-refractivity contribution in [1.29, 1.82) is 0 Å². The van der Waals surface area contributed by atoms with Crippen LogP contribution < -0.4 is 4.74 Å². The highest BCUT2D eigenvalue weighted by Gasteiger charge is 2.09. The van der Waals surface area contributed by atoms with Gasteiger partial charge in [-0.25, -0.2) is 0 Å². The number of rotatable bonds is 7. The molecule has 0 bridgehead atoms. The molecule has 2 rings (SSSR count). The van der Waals surface area contributed by atoms with Crippen molar-refractivity contribution in [3.05, 3.63) is 59.9 Å². The Balaban J connectivity index is 1.86. The van der Waals surface area contributed by atoms with Crippen LogP contribution in [0.25, 0.3) is 0 Å². The molecule has 0 aliphatic rings. The summed E-state index contributed by atoms with van der Waals surface area (Å²) in [6.45, 7) is 0.741. The van der Waals surface area contributed by atoms with E-state index in [2.05, 4.69) is 4.98 Å². The smallest absolute Gasteiger partial charge is 0.226 e. The molecule has 116 valence electrons. The number of carbonyl (C=O) groups is 1. The van der Waals surface area contributed by atoms with Crippen molar-refractivity contribution in [3.8, 4) is 5.75 Å². The number of aromatic nitrogens is 1. The van der Waals surface area contributed by atoms with Crippen molar-refractivity contribution in [2.24, 2.45) is 0 Å². The van der Waals surface area contributed by atoms with Gasteiger partial charge < -0.3 is 14.7 Å². The first-order valence-electron chi connectivity index (χ1n) is 7.15. The molecule has 5 heteroatoms. The highest BCUT2D eigenvalue weighted by molar-refractivity contribution is 5.78. The average molecular weight is 300 g/mol. The highest BCUT2D eigenvalue weighted by Crippen LogP contribution is 2.14. The SMILES string of the molecule is CN(CCO)C(=O)Cc1ccc(OCc2ccccn2)cc1. The molecule has 1 aromatic carbocycles. The van der Waals surface area contributed by atoms with Crippen molar-refractivity contribution >= 4 is 5.91 Å². The van der Waals surface area contributed by atoms with Crippen molar-refractivity contribution in [2.75, 3.05) is 20.2 Å². The third-order valence-corrected chi connectivity index (χ3v) is 3.25. The van der Waals surface area contributed by atoms with E-state index in [1.165, 1.54) is 4.90 Å². The molecule has 0 aliphatic heterocycles. The molecular weight excluding hydrogens is 280 g/mol. The van der Waals surface area contributed by atoms with Crippen LogP contribution in [0.3, 0.4) is 0 Å². The number of carbonyl (C=O) groups excluding carboxylic acids is 1. The second kappa shape index (κ2) is 8.14. The summed E-state index contributed by atoms with van der Waals surface area (Å²) in [6.07, 6.45) is 2.05. The molecule has 0 atom stereocenters. The Bertz CT molecular complexity index is 585. The van der Waals surface area contributed by atoms with E-state index in [0.29, 0.717) is 19.6 Å².